The number of likely N-dealkylation sites (tertiary alicyclic amines) is 1. The monoisotopic (exact) mass is 381 g/mol. The average Bonchev–Trinajstić information content (AvgIpc) is 3.07. The lowest BCUT2D eigenvalue weighted by Crippen LogP contribution is -2.50. The average molecular weight is 382 g/mol. The fourth-order valence-corrected chi connectivity index (χ4v) is 5.84. The minimum absolute atomic E-state index is 0.118. The Morgan fingerprint density at radius 1 is 1.00 bits per heavy atom. The number of rotatable bonds is 3. The maximum absolute atomic E-state index is 12.6. The summed E-state index contributed by atoms with van der Waals surface area (Å²) in [5.41, 5.74) is 0. The molecular weight excluding hydrogens is 354 g/mol. The van der Waals surface area contributed by atoms with Gasteiger partial charge in [0.1, 0.15) is 15.7 Å². The van der Waals surface area contributed by atoms with E-state index in [4.69, 9.17) is 0 Å². The molecule has 1 aromatic heterocycles. The van der Waals surface area contributed by atoms with Crippen LogP contribution in [0, 0.1) is 0 Å². The van der Waals surface area contributed by atoms with Gasteiger partial charge in [0, 0.05) is 38.1 Å². The molecule has 0 bridgehead atoms. The van der Waals surface area contributed by atoms with Gasteiger partial charge in [0.15, 0.2) is 0 Å². The zero-order chi connectivity index (χ0) is 18.1. The second-order valence-corrected chi connectivity index (χ2v) is 10.0. The SMILES string of the molecule is O=C(NC1CCN(C2CCS(=O)(=O)CC2)CC1)c1nnc2n1CCCC2. The van der Waals surface area contributed by atoms with E-state index in [1.165, 1.54) is 0 Å². The lowest BCUT2D eigenvalue weighted by molar-refractivity contribution is 0.0869. The van der Waals surface area contributed by atoms with Crippen LogP contribution in [0.25, 0.3) is 0 Å². The van der Waals surface area contributed by atoms with Gasteiger partial charge in [-0.1, -0.05) is 0 Å². The van der Waals surface area contributed by atoms with E-state index >= 15 is 0 Å². The molecular formula is C17H27N5O3S. The first-order valence-corrected chi connectivity index (χ1v) is 11.5. The van der Waals surface area contributed by atoms with E-state index in [9.17, 15) is 13.2 Å². The molecule has 0 atom stereocenters. The number of aromatic nitrogens is 3. The number of carbonyl (C=O) groups is 1. The second-order valence-electron chi connectivity index (χ2n) is 7.72. The number of nitrogens with one attached hydrogen (secondary N) is 1. The Morgan fingerprint density at radius 2 is 1.73 bits per heavy atom. The third kappa shape index (κ3) is 3.78. The van der Waals surface area contributed by atoms with E-state index in [-0.39, 0.29) is 11.9 Å². The van der Waals surface area contributed by atoms with Gasteiger partial charge in [0.2, 0.25) is 5.82 Å². The third-order valence-corrected chi connectivity index (χ3v) is 7.68. The van der Waals surface area contributed by atoms with Crippen molar-refractivity contribution in [3.63, 3.8) is 0 Å². The lowest BCUT2D eigenvalue weighted by atomic mass is 10.0. The van der Waals surface area contributed by atoms with Gasteiger partial charge in [-0.2, -0.15) is 0 Å². The number of fused-ring (bicyclic) bond motifs is 1. The van der Waals surface area contributed by atoms with Crippen molar-refractivity contribution in [3.05, 3.63) is 11.6 Å². The van der Waals surface area contributed by atoms with Crippen molar-refractivity contribution in [1.29, 1.82) is 0 Å². The maximum atomic E-state index is 12.6. The second kappa shape index (κ2) is 7.26. The molecule has 2 saturated heterocycles. The van der Waals surface area contributed by atoms with E-state index in [1.54, 1.807) is 0 Å². The lowest BCUT2D eigenvalue weighted by Gasteiger charge is -2.39. The Labute approximate surface area is 154 Å². The minimum Gasteiger partial charge on any atom is -0.346 e. The van der Waals surface area contributed by atoms with Crippen molar-refractivity contribution in [2.24, 2.45) is 0 Å². The zero-order valence-corrected chi connectivity index (χ0v) is 15.9. The molecule has 0 saturated carbocycles. The van der Waals surface area contributed by atoms with E-state index in [1.807, 2.05) is 4.57 Å². The highest BCUT2D eigenvalue weighted by Gasteiger charge is 2.31. The minimum atomic E-state index is -2.81. The van der Waals surface area contributed by atoms with Gasteiger partial charge in [-0.05, 0) is 38.5 Å². The van der Waals surface area contributed by atoms with Crippen LogP contribution in [0.5, 0.6) is 0 Å². The van der Waals surface area contributed by atoms with Gasteiger partial charge in [0.25, 0.3) is 5.91 Å². The quantitative estimate of drug-likeness (QED) is 0.813. The van der Waals surface area contributed by atoms with Gasteiger partial charge in [0.05, 0.1) is 11.5 Å². The number of aryl methyl sites for hydroxylation is 1. The zero-order valence-electron chi connectivity index (χ0n) is 15.1. The Morgan fingerprint density at radius 3 is 2.46 bits per heavy atom. The summed E-state index contributed by atoms with van der Waals surface area (Å²) in [6, 6.07) is 0.529. The van der Waals surface area contributed by atoms with Crippen LogP contribution in [0.3, 0.4) is 0 Å². The molecule has 144 valence electrons. The van der Waals surface area contributed by atoms with Crippen LogP contribution >= 0.6 is 0 Å². The number of piperidine rings is 1. The standard InChI is InChI=1S/C17H27N5O3S/c23-17(16-20-19-15-3-1-2-8-22(15)16)18-13-4-9-21(10-5-13)14-6-11-26(24,25)12-7-14/h13-14H,1-12H2,(H,18,23). The van der Waals surface area contributed by atoms with Gasteiger partial charge in [-0.25, -0.2) is 8.42 Å². The van der Waals surface area contributed by atoms with E-state index in [2.05, 4.69) is 20.4 Å². The van der Waals surface area contributed by atoms with E-state index < -0.39 is 9.84 Å². The van der Waals surface area contributed by atoms with Crippen LogP contribution in [0.2, 0.25) is 0 Å². The van der Waals surface area contributed by atoms with Crippen molar-refractivity contribution in [2.45, 2.75) is 63.6 Å². The van der Waals surface area contributed by atoms with Gasteiger partial charge in [-0.15, -0.1) is 10.2 Å². The number of carbonyl (C=O) groups excluding carboxylic acids is 1. The molecule has 4 rings (SSSR count). The summed E-state index contributed by atoms with van der Waals surface area (Å²) in [7, 11) is -2.81. The van der Waals surface area contributed by atoms with Crippen LogP contribution in [0.4, 0.5) is 0 Å². The molecule has 3 aliphatic rings. The predicted octanol–water partition coefficient (Wildman–Crippen LogP) is 0.386. The van der Waals surface area contributed by atoms with Crippen LogP contribution in [-0.2, 0) is 22.8 Å². The molecule has 3 aliphatic heterocycles. The fourth-order valence-electron chi connectivity index (χ4n) is 4.38. The summed E-state index contributed by atoms with van der Waals surface area (Å²) in [6.07, 6.45) is 6.36. The molecule has 0 aromatic carbocycles. The molecule has 0 aliphatic carbocycles. The third-order valence-electron chi connectivity index (χ3n) is 5.97. The first kappa shape index (κ1) is 17.9. The van der Waals surface area contributed by atoms with E-state index in [0.717, 1.165) is 70.4 Å². The number of amides is 1. The Kier molecular flexibility index (Phi) is 5.00. The summed E-state index contributed by atoms with van der Waals surface area (Å²) in [4.78, 5) is 15.0. The van der Waals surface area contributed by atoms with Crippen molar-refractivity contribution in [3.8, 4) is 0 Å². The summed E-state index contributed by atoms with van der Waals surface area (Å²) in [5.74, 6) is 1.87. The Balaban J connectivity index is 1.29. The smallest absolute Gasteiger partial charge is 0.289 e. The molecule has 0 radical (unpaired) electrons. The van der Waals surface area contributed by atoms with E-state index in [0.29, 0.717) is 23.4 Å². The molecule has 1 aromatic rings. The molecule has 4 heterocycles. The molecule has 0 spiro atoms. The number of nitrogens with zero attached hydrogens (tertiary/aromatic N) is 4. The molecule has 1 N–H and O–H groups in total. The molecule has 1 amide bonds. The first-order valence-electron chi connectivity index (χ1n) is 9.69. The molecule has 9 heteroatoms. The molecule has 2 fully saturated rings. The molecule has 26 heavy (non-hydrogen) atoms. The van der Waals surface area contributed by atoms with Gasteiger partial charge >= 0.3 is 0 Å². The Hall–Kier alpha value is -1.48. The maximum Gasteiger partial charge on any atom is 0.289 e. The highest BCUT2D eigenvalue weighted by Crippen LogP contribution is 2.22. The highest BCUT2D eigenvalue weighted by molar-refractivity contribution is 7.91. The predicted molar refractivity (Wildman–Crippen MR) is 96.7 cm³/mol. The number of hydrogen-bond donors (Lipinski definition) is 1. The highest BCUT2D eigenvalue weighted by atomic mass is 32.2. The fraction of sp³-hybridized carbons (Fsp3) is 0.824. The summed E-state index contributed by atoms with van der Waals surface area (Å²) in [6.45, 7) is 2.65. The van der Waals surface area contributed by atoms with Crippen molar-refractivity contribution in [1.82, 2.24) is 25.0 Å². The largest absolute Gasteiger partial charge is 0.346 e. The van der Waals surface area contributed by atoms with Crippen molar-refractivity contribution >= 4 is 15.7 Å². The van der Waals surface area contributed by atoms with Crippen LogP contribution in [-0.4, -0.2) is 70.7 Å². The van der Waals surface area contributed by atoms with Gasteiger partial charge < -0.3 is 14.8 Å². The normalized spacial score (nSPS) is 24.9. The summed E-state index contributed by atoms with van der Waals surface area (Å²) in [5, 5.41) is 11.4. The molecule has 8 nitrogen and oxygen atoms in total. The number of sulfone groups is 1. The summed E-state index contributed by atoms with van der Waals surface area (Å²) >= 11 is 0. The Bertz CT molecular complexity index is 753. The summed E-state index contributed by atoms with van der Waals surface area (Å²) < 4.78 is 25.1. The number of hydrogen-bond acceptors (Lipinski definition) is 6. The van der Waals surface area contributed by atoms with Crippen molar-refractivity contribution < 1.29 is 13.2 Å². The topological polar surface area (TPSA) is 97.2 Å². The first-order chi connectivity index (χ1) is 12.5. The van der Waals surface area contributed by atoms with Gasteiger partial charge in [-0.3, -0.25) is 4.79 Å². The van der Waals surface area contributed by atoms with Crippen LogP contribution < -0.4 is 5.32 Å². The van der Waals surface area contributed by atoms with Crippen LogP contribution in [0.15, 0.2) is 0 Å². The van der Waals surface area contributed by atoms with Crippen LogP contribution in [0.1, 0.15) is 55.0 Å². The molecule has 0 unspecified atom stereocenters. The van der Waals surface area contributed by atoms with Crippen molar-refractivity contribution in [2.75, 3.05) is 24.6 Å².